The molecule has 2 N–H and O–H groups in total. The van der Waals surface area contributed by atoms with Crippen LogP contribution < -0.4 is 5.32 Å². The Bertz CT molecular complexity index is 471. The molecule has 1 unspecified atom stereocenters. The molecular formula is C10H12N2O5S. The van der Waals surface area contributed by atoms with Gasteiger partial charge >= 0.3 is 11.0 Å². The molecule has 0 aromatic carbocycles. The SMILES string of the molecule is CCC(CNC(=O)c1ccc([N+](=O)[O-])s1)C(=O)O. The van der Waals surface area contributed by atoms with Gasteiger partial charge in [-0.2, -0.15) is 0 Å². The first-order valence-corrected chi connectivity index (χ1v) is 6.02. The number of carboxylic acids is 1. The Morgan fingerprint density at radius 1 is 1.56 bits per heavy atom. The van der Waals surface area contributed by atoms with Crippen LogP contribution >= 0.6 is 11.3 Å². The van der Waals surface area contributed by atoms with Crippen LogP contribution in [0.3, 0.4) is 0 Å². The molecule has 1 aromatic rings. The zero-order chi connectivity index (χ0) is 13.7. The second-order valence-corrected chi connectivity index (χ2v) is 4.61. The van der Waals surface area contributed by atoms with Crippen LogP contribution in [0, 0.1) is 16.0 Å². The molecule has 0 fully saturated rings. The van der Waals surface area contributed by atoms with E-state index in [2.05, 4.69) is 5.32 Å². The first-order valence-electron chi connectivity index (χ1n) is 5.21. The van der Waals surface area contributed by atoms with Gasteiger partial charge in [-0.3, -0.25) is 19.7 Å². The molecule has 0 spiro atoms. The first-order chi connectivity index (χ1) is 8.45. The third-order valence-electron chi connectivity index (χ3n) is 2.35. The number of carboxylic acid groups (broad SMARTS) is 1. The number of aliphatic carboxylic acids is 1. The molecule has 1 amide bonds. The van der Waals surface area contributed by atoms with E-state index in [4.69, 9.17) is 5.11 Å². The molecule has 1 aromatic heterocycles. The predicted molar refractivity (Wildman–Crippen MR) is 64.7 cm³/mol. The Morgan fingerprint density at radius 3 is 2.67 bits per heavy atom. The van der Waals surface area contributed by atoms with Gasteiger partial charge in [0, 0.05) is 12.6 Å². The van der Waals surface area contributed by atoms with Crippen LogP contribution in [0.4, 0.5) is 5.00 Å². The summed E-state index contributed by atoms with van der Waals surface area (Å²) in [5.41, 5.74) is 0. The summed E-state index contributed by atoms with van der Waals surface area (Å²) in [7, 11) is 0. The second kappa shape index (κ2) is 6.10. The molecular weight excluding hydrogens is 260 g/mol. The van der Waals surface area contributed by atoms with Gasteiger partial charge in [-0.25, -0.2) is 0 Å². The lowest BCUT2D eigenvalue weighted by molar-refractivity contribution is -0.380. The maximum absolute atomic E-state index is 11.6. The number of nitro groups is 1. The van der Waals surface area contributed by atoms with Gasteiger partial charge in [0.2, 0.25) is 0 Å². The molecule has 1 rings (SSSR count). The van der Waals surface area contributed by atoms with Crippen molar-refractivity contribution in [1.82, 2.24) is 5.32 Å². The molecule has 8 heteroatoms. The van der Waals surface area contributed by atoms with E-state index < -0.39 is 22.7 Å². The summed E-state index contributed by atoms with van der Waals surface area (Å²) < 4.78 is 0. The number of thiophene rings is 1. The fourth-order valence-corrected chi connectivity index (χ4v) is 1.99. The van der Waals surface area contributed by atoms with Crippen molar-refractivity contribution >= 4 is 28.2 Å². The number of nitrogens with zero attached hydrogens (tertiary/aromatic N) is 1. The number of rotatable bonds is 6. The molecule has 1 heterocycles. The third kappa shape index (κ3) is 3.52. The number of amides is 1. The van der Waals surface area contributed by atoms with Gasteiger partial charge in [-0.05, 0) is 12.5 Å². The van der Waals surface area contributed by atoms with Gasteiger partial charge in [0.25, 0.3) is 5.91 Å². The monoisotopic (exact) mass is 272 g/mol. The van der Waals surface area contributed by atoms with Crippen molar-refractivity contribution in [2.24, 2.45) is 5.92 Å². The molecule has 0 radical (unpaired) electrons. The molecule has 1 atom stereocenters. The number of hydrogen-bond donors (Lipinski definition) is 2. The number of carbonyl (C=O) groups is 2. The van der Waals surface area contributed by atoms with Crippen molar-refractivity contribution in [2.45, 2.75) is 13.3 Å². The van der Waals surface area contributed by atoms with Gasteiger partial charge in [-0.15, -0.1) is 0 Å². The van der Waals surface area contributed by atoms with Crippen LogP contribution in [0.15, 0.2) is 12.1 Å². The predicted octanol–water partition coefficient (Wildman–Crippen LogP) is 1.50. The molecule has 0 bridgehead atoms. The van der Waals surface area contributed by atoms with E-state index in [0.717, 1.165) is 11.3 Å². The maximum atomic E-state index is 11.6. The molecule has 0 saturated carbocycles. The van der Waals surface area contributed by atoms with Crippen molar-refractivity contribution in [2.75, 3.05) is 6.54 Å². The Labute approximate surface area is 107 Å². The highest BCUT2D eigenvalue weighted by molar-refractivity contribution is 7.17. The lowest BCUT2D eigenvalue weighted by atomic mass is 10.1. The third-order valence-corrected chi connectivity index (χ3v) is 3.38. The molecule has 0 saturated heterocycles. The first kappa shape index (κ1) is 14.1. The topological polar surface area (TPSA) is 110 Å². The van der Waals surface area contributed by atoms with Gasteiger partial charge in [0.15, 0.2) is 0 Å². The highest BCUT2D eigenvalue weighted by Gasteiger charge is 2.19. The van der Waals surface area contributed by atoms with E-state index in [-0.39, 0.29) is 16.4 Å². The Hall–Kier alpha value is -1.96. The Balaban J connectivity index is 2.59. The fourth-order valence-electron chi connectivity index (χ4n) is 1.26. The summed E-state index contributed by atoms with van der Waals surface area (Å²) in [5, 5.41) is 21.6. The normalized spacial score (nSPS) is 11.8. The smallest absolute Gasteiger partial charge is 0.324 e. The van der Waals surface area contributed by atoms with Crippen LogP contribution in [0.2, 0.25) is 0 Å². The molecule has 7 nitrogen and oxygen atoms in total. The van der Waals surface area contributed by atoms with Crippen molar-refractivity contribution in [3.8, 4) is 0 Å². The largest absolute Gasteiger partial charge is 0.481 e. The molecule has 0 aliphatic heterocycles. The zero-order valence-electron chi connectivity index (χ0n) is 9.58. The lowest BCUT2D eigenvalue weighted by Gasteiger charge is -2.09. The van der Waals surface area contributed by atoms with Crippen LogP contribution in [0.5, 0.6) is 0 Å². The Kier molecular flexibility index (Phi) is 4.78. The molecule has 18 heavy (non-hydrogen) atoms. The fraction of sp³-hybridized carbons (Fsp3) is 0.400. The minimum absolute atomic E-state index is 0.0103. The molecule has 98 valence electrons. The van der Waals surface area contributed by atoms with Crippen molar-refractivity contribution in [3.05, 3.63) is 27.1 Å². The van der Waals surface area contributed by atoms with Crippen molar-refractivity contribution < 1.29 is 19.6 Å². The summed E-state index contributed by atoms with van der Waals surface area (Å²) in [6.07, 6.45) is 0.403. The van der Waals surface area contributed by atoms with E-state index in [9.17, 15) is 19.7 Å². The van der Waals surface area contributed by atoms with Gasteiger partial charge in [0.1, 0.15) is 0 Å². The van der Waals surface area contributed by atoms with Gasteiger partial charge < -0.3 is 10.4 Å². The summed E-state index contributed by atoms with van der Waals surface area (Å²) >= 11 is 0.758. The van der Waals surface area contributed by atoms with E-state index in [1.54, 1.807) is 6.92 Å². The summed E-state index contributed by atoms with van der Waals surface area (Å²) in [4.78, 5) is 32.4. The standard InChI is InChI=1S/C10H12N2O5S/c1-2-6(10(14)15)5-11-9(13)7-3-4-8(18-7)12(16)17/h3-4,6H,2,5H2,1H3,(H,11,13)(H,14,15). The van der Waals surface area contributed by atoms with E-state index in [1.165, 1.54) is 12.1 Å². The van der Waals surface area contributed by atoms with Gasteiger partial charge in [-0.1, -0.05) is 18.3 Å². The van der Waals surface area contributed by atoms with Crippen molar-refractivity contribution in [3.63, 3.8) is 0 Å². The van der Waals surface area contributed by atoms with Crippen molar-refractivity contribution in [1.29, 1.82) is 0 Å². The minimum atomic E-state index is -0.977. The maximum Gasteiger partial charge on any atom is 0.324 e. The van der Waals surface area contributed by atoms with E-state index in [1.807, 2.05) is 0 Å². The number of carbonyl (C=O) groups excluding carboxylic acids is 1. The van der Waals surface area contributed by atoms with Crippen LogP contribution in [0.1, 0.15) is 23.0 Å². The molecule has 0 aliphatic rings. The average molecular weight is 272 g/mol. The summed E-state index contributed by atoms with van der Waals surface area (Å²) in [6.45, 7) is 1.72. The zero-order valence-corrected chi connectivity index (χ0v) is 10.4. The summed E-state index contributed by atoms with van der Waals surface area (Å²) in [6, 6.07) is 2.59. The van der Waals surface area contributed by atoms with Gasteiger partial charge in [0.05, 0.1) is 15.7 Å². The van der Waals surface area contributed by atoms with Crippen LogP contribution in [-0.2, 0) is 4.79 Å². The average Bonchev–Trinajstić information content (AvgIpc) is 2.78. The highest BCUT2D eigenvalue weighted by atomic mass is 32.1. The quantitative estimate of drug-likeness (QED) is 0.602. The Morgan fingerprint density at radius 2 is 2.22 bits per heavy atom. The van der Waals surface area contributed by atoms with E-state index >= 15 is 0 Å². The highest BCUT2D eigenvalue weighted by Crippen LogP contribution is 2.23. The summed E-state index contributed by atoms with van der Waals surface area (Å²) in [5.74, 6) is -2.12. The lowest BCUT2D eigenvalue weighted by Crippen LogP contribution is -2.32. The van der Waals surface area contributed by atoms with Crippen LogP contribution in [-0.4, -0.2) is 28.5 Å². The number of hydrogen-bond acceptors (Lipinski definition) is 5. The van der Waals surface area contributed by atoms with Crippen LogP contribution in [0.25, 0.3) is 0 Å². The number of nitrogens with one attached hydrogen (secondary N) is 1. The van der Waals surface area contributed by atoms with E-state index in [0.29, 0.717) is 6.42 Å². The molecule has 0 aliphatic carbocycles. The minimum Gasteiger partial charge on any atom is -0.481 e. The second-order valence-electron chi connectivity index (χ2n) is 3.55.